The molecule has 3 aromatic rings. The molecule has 0 fully saturated rings. The minimum atomic E-state index is -0.525. The zero-order valence-corrected chi connectivity index (χ0v) is 11.3. The predicted octanol–water partition coefficient (Wildman–Crippen LogP) is 3.21. The van der Waals surface area contributed by atoms with Gasteiger partial charge in [0.1, 0.15) is 0 Å². The molecule has 0 amide bonds. The molecule has 1 N–H and O–H groups in total. The van der Waals surface area contributed by atoms with E-state index < -0.39 is 6.10 Å². The van der Waals surface area contributed by atoms with Crippen molar-refractivity contribution < 1.29 is 5.11 Å². The van der Waals surface area contributed by atoms with Crippen LogP contribution in [-0.2, 0) is 6.42 Å². The van der Waals surface area contributed by atoms with E-state index in [4.69, 9.17) is 0 Å². The molecule has 0 spiro atoms. The lowest BCUT2D eigenvalue weighted by molar-refractivity contribution is 0.178. The van der Waals surface area contributed by atoms with Gasteiger partial charge in [0.25, 0.3) is 0 Å². The summed E-state index contributed by atoms with van der Waals surface area (Å²) in [5, 5.41) is 11.5. The third kappa shape index (κ3) is 2.53. The molecule has 0 radical (unpaired) electrons. The third-order valence-electron chi connectivity index (χ3n) is 3.46. The van der Waals surface area contributed by atoms with Gasteiger partial charge in [-0.3, -0.25) is 9.97 Å². The van der Waals surface area contributed by atoms with Crippen LogP contribution in [0.2, 0.25) is 0 Å². The van der Waals surface area contributed by atoms with Crippen molar-refractivity contribution in [1.29, 1.82) is 0 Å². The van der Waals surface area contributed by atoms with Crippen LogP contribution in [0.1, 0.15) is 22.9 Å². The lowest BCUT2D eigenvalue weighted by Crippen LogP contribution is -2.03. The number of hydrogen-bond acceptors (Lipinski definition) is 3. The number of para-hydroxylation sites is 1. The number of hydrogen-bond donors (Lipinski definition) is 1. The second kappa shape index (κ2) is 5.39. The SMILES string of the molecule is Cc1cc(C(O)Cc2ccnc3ccccc23)ccn1. The number of benzene rings is 1. The molecule has 1 aromatic carbocycles. The van der Waals surface area contributed by atoms with Gasteiger partial charge in [0, 0.05) is 29.9 Å². The van der Waals surface area contributed by atoms with E-state index in [1.54, 1.807) is 12.4 Å². The number of aryl methyl sites for hydroxylation is 1. The number of fused-ring (bicyclic) bond motifs is 1. The molecule has 0 aliphatic carbocycles. The number of aliphatic hydroxyl groups is 1. The van der Waals surface area contributed by atoms with Crippen molar-refractivity contribution in [3.05, 3.63) is 71.7 Å². The molecule has 1 atom stereocenters. The van der Waals surface area contributed by atoms with Gasteiger partial charge in [-0.1, -0.05) is 18.2 Å². The second-order valence-electron chi connectivity index (χ2n) is 4.94. The fourth-order valence-corrected chi connectivity index (χ4v) is 2.43. The highest BCUT2D eigenvalue weighted by molar-refractivity contribution is 5.81. The van der Waals surface area contributed by atoms with E-state index in [2.05, 4.69) is 9.97 Å². The molecular weight excluding hydrogens is 248 g/mol. The van der Waals surface area contributed by atoms with Gasteiger partial charge in [-0.05, 0) is 42.3 Å². The van der Waals surface area contributed by atoms with E-state index in [9.17, 15) is 5.11 Å². The molecule has 0 aliphatic rings. The van der Waals surface area contributed by atoms with Gasteiger partial charge in [0.2, 0.25) is 0 Å². The van der Waals surface area contributed by atoms with Crippen LogP contribution in [0.3, 0.4) is 0 Å². The largest absolute Gasteiger partial charge is 0.388 e. The van der Waals surface area contributed by atoms with Crippen LogP contribution in [0.4, 0.5) is 0 Å². The molecule has 2 aromatic heterocycles. The highest BCUT2D eigenvalue weighted by atomic mass is 16.3. The number of aromatic nitrogens is 2. The summed E-state index contributed by atoms with van der Waals surface area (Å²) in [5.41, 5.74) is 3.89. The molecule has 2 heterocycles. The Hall–Kier alpha value is -2.26. The second-order valence-corrected chi connectivity index (χ2v) is 4.94. The number of rotatable bonds is 3. The van der Waals surface area contributed by atoms with Gasteiger partial charge in [-0.25, -0.2) is 0 Å². The minimum Gasteiger partial charge on any atom is -0.388 e. The fourth-order valence-electron chi connectivity index (χ4n) is 2.43. The average molecular weight is 264 g/mol. The Morgan fingerprint density at radius 3 is 2.70 bits per heavy atom. The van der Waals surface area contributed by atoms with Crippen molar-refractivity contribution in [2.75, 3.05) is 0 Å². The maximum atomic E-state index is 10.4. The molecule has 0 aliphatic heterocycles. The average Bonchev–Trinajstić information content (AvgIpc) is 2.47. The highest BCUT2D eigenvalue weighted by Crippen LogP contribution is 2.23. The Balaban J connectivity index is 1.93. The van der Waals surface area contributed by atoms with Crippen molar-refractivity contribution in [3.63, 3.8) is 0 Å². The normalized spacial score (nSPS) is 12.5. The first kappa shape index (κ1) is 12.8. The molecule has 3 rings (SSSR count). The Morgan fingerprint density at radius 1 is 1.05 bits per heavy atom. The van der Waals surface area contributed by atoms with E-state index in [0.717, 1.165) is 27.7 Å². The smallest absolute Gasteiger partial charge is 0.0831 e. The van der Waals surface area contributed by atoms with Crippen LogP contribution in [0, 0.1) is 6.92 Å². The van der Waals surface area contributed by atoms with Crippen molar-refractivity contribution >= 4 is 10.9 Å². The number of aliphatic hydroxyl groups excluding tert-OH is 1. The third-order valence-corrected chi connectivity index (χ3v) is 3.46. The Labute approximate surface area is 117 Å². The zero-order chi connectivity index (χ0) is 13.9. The van der Waals surface area contributed by atoms with E-state index in [-0.39, 0.29) is 0 Å². The summed E-state index contributed by atoms with van der Waals surface area (Å²) >= 11 is 0. The van der Waals surface area contributed by atoms with E-state index in [0.29, 0.717) is 6.42 Å². The standard InChI is InChI=1S/C17H16N2O/c1-12-10-14(7-8-18-12)17(20)11-13-6-9-19-16-5-3-2-4-15(13)16/h2-10,17,20H,11H2,1H3. The summed E-state index contributed by atoms with van der Waals surface area (Å²) in [6.07, 6.45) is 3.58. The van der Waals surface area contributed by atoms with Crippen LogP contribution >= 0.6 is 0 Å². The lowest BCUT2D eigenvalue weighted by Gasteiger charge is -2.13. The maximum Gasteiger partial charge on any atom is 0.0831 e. The lowest BCUT2D eigenvalue weighted by atomic mass is 9.99. The summed E-state index contributed by atoms with van der Waals surface area (Å²) in [7, 11) is 0. The molecule has 0 bridgehead atoms. The summed E-state index contributed by atoms with van der Waals surface area (Å²) in [6, 6.07) is 13.8. The molecular formula is C17H16N2O. The van der Waals surface area contributed by atoms with Crippen LogP contribution < -0.4 is 0 Å². The first-order chi connectivity index (χ1) is 9.74. The van der Waals surface area contributed by atoms with Crippen molar-refractivity contribution in [2.24, 2.45) is 0 Å². The summed E-state index contributed by atoms with van der Waals surface area (Å²) < 4.78 is 0. The maximum absolute atomic E-state index is 10.4. The van der Waals surface area contributed by atoms with Gasteiger partial charge in [-0.2, -0.15) is 0 Å². The highest BCUT2D eigenvalue weighted by Gasteiger charge is 2.11. The van der Waals surface area contributed by atoms with E-state index >= 15 is 0 Å². The molecule has 20 heavy (non-hydrogen) atoms. The van der Waals surface area contributed by atoms with Gasteiger partial charge in [0.15, 0.2) is 0 Å². The zero-order valence-electron chi connectivity index (χ0n) is 11.3. The molecule has 0 saturated heterocycles. The summed E-state index contributed by atoms with van der Waals surface area (Å²) in [6.45, 7) is 1.93. The number of pyridine rings is 2. The number of nitrogens with zero attached hydrogens (tertiary/aromatic N) is 2. The van der Waals surface area contributed by atoms with E-state index in [1.807, 2.05) is 49.4 Å². The van der Waals surface area contributed by atoms with Crippen molar-refractivity contribution in [1.82, 2.24) is 9.97 Å². The molecule has 3 nitrogen and oxygen atoms in total. The predicted molar refractivity (Wildman–Crippen MR) is 79.4 cm³/mol. The van der Waals surface area contributed by atoms with Crippen LogP contribution in [-0.4, -0.2) is 15.1 Å². The van der Waals surface area contributed by atoms with Gasteiger partial charge in [0.05, 0.1) is 11.6 Å². The quantitative estimate of drug-likeness (QED) is 0.790. The topological polar surface area (TPSA) is 46.0 Å². The van der Waals surface area contributed by atoms with Crippen molar-refractivity contribution in [2.45, 2.75) is 19.4 Å². The van der Waals surface area contributed by atoms with Crippen LogP contribution in [0.25, 0.3) is 10.9 Å². The molecule has 1 unspecified atom stereocenters. The molecule has 100 valence electrons. The monoisotopic (exact) mass is 264 g/mol. The van der Waals surface area contributed by atoms with Crippen LogP contribution in [0.15, 0.2) is 54.9 Å². The van der Waals surface area contributed by atoms with Gasteiger partial charge in [-0.15, -0.1) is 0 Å². The fraction of sp³-hybridized carbons (Fsp3) is 0.176. The summed E-state index contributed by atoms with van der Waals surface area (Å²) in [5.74, 6) is 0. The summed E-state index contributed by atoms with van der Waals surface area (Å²) in [4.78, 5) is 8.50. The van der Waals surface area contributed by atoms with E-state index in [1.165, 1.54) is 0 Å². The van der Waals surface area contributed by atoms with Gasteiger partial charge >= 0.3 is 0 Å². The minimum absolute atomic E-state index is 0.525. The Kier molecular flexibility index (Phi) is 3.44. The molecule has 0 saturated carbocycles. The van der Waals surface area contributed by atoms with Gasteiger partial charge < -0.3 is 5.11 Å². The van der Waals surface area contributed by atoms with Crippen molar-refractivity contribution in [3.8, 4) is 0 Å². The molecule has 3 heteroatoms. The first-order valence-electron chi connectivity index (χ1n) is 6.67. The Bertz CT molecular complexity index is 734. The first-order valence-corrected chi connectivity index (χ1v) is 6.67. The Morgan fingerprint density at radius 2 is 1.85 bits per heavy atom. The van der Waals surface area contributed by atoms with Crippen LogP contribution in [0.5, 0.6) is 0 Å².